The molecule has 0 saturated heterocycles. The molecule has 0 N–H and O–H groups in total. The van der Waals surface area contributed by atoms with Crippen LogP contribution in [0.25, 0.3) is 5.57 Å². The van der Waals surface area contributed by atoms with Crippen molar-refractivity contribution >= 4 is 5.57 Å². The first kappa shape index (κ1) is 19.5. The quantitative estimate of drug-likeness (QED) is 0.505. The molecule has 0 spiro atoms. The maximum absolute atomic E-state index is 5.94. The van der Waals surface area contributed by atoms with Crippen LogP contribution in [0.15, 0.2) is 95.6 Å². The first-order valence-electron chi connectivity index (χ1n) is 10.7. The van der Waals surface area contributed by atoms with Crippen molar-refractivity contribution < 1.29 is 4.74 Å². The number of rotatable bonds is 5. The van der Waals surface area contributed by atoms with Crippen LogP contribution in [0, 0.1) is 5.92 Å². The molecule has 2 aliphatic carbocycles. The molecule has 1 saturated carbocycles. The number of ether oxygens (including phenoxy) is 1. The van der Waals surface area contributed by atoms with Crippen LogP contribution in [0.5, 0.6) is 11.5 Å². The Kier molecular flexibility index (Phi) is 5.85. The summed E-state index contributed by atoms with van der Waals surface area (Å²) in [6.45, 7) is 8.78. The van der Waals surface area contributed by atoms with Crippen LogP contribution in [0.4, 0.5) is 0 Å². The summed E-state index contributed by atoms with van der Waals surface area (Å²) in [6, 6.07) is 18.4. The van der Waals surface area contributed by atoms with Crippen LogP contribution in [-0.4, -0.2) is 0 Å². The summed E-state index contributed by atoms with van der Waals surface area (Å²) < 4.78 is 5.94. The van der Waals surface area contributed by atoms with E-state index in [9.17, 15) is 0 Å². The van der Waals surface area contributed by atoms with Crippen molar-refractivity contribution in [2.24, 2.45) is 5.92 Å². The third-order valence-electron chi connectivity index (χ3n) is 6.26. The summed E-state index contributed by atoms with van der Waals surface area (Å²) in [5, 5.41) is 0. The molecule has 29 heavy (non-hydrogen) atoms. The highest BCUT2D eigenvalue weighted by Crippen LogP contribution is 2.41. The smallest absolute Gasteiger partial charge is 0.127 e. The highest BCUT2D eigenvalue weighted by Gasteiger charge is 2.24. The largest absolute Gasteiger partial charge is 0.457 e. The van der Waals surface area contributed by atoms with E-state index in [-0.39, 0.29) is 0 Å². The zero-order valence-electron chi connectivity index (χ0n) is 17.6. The van der Waals surface area contributed by atoms with E-state index in [0.29, 0.717) is 5.92 Å². The predicted molar refractivity (Wildman–Crippen MR) is 123 cm³/mol. The van der Waals surface area contributed by atoms with Gasteiger partial charge in [-0.25, -0.2) is 0 Å². The number of hydrogen-bond donors (Lipinski definition) is 0. The molecule has 2 aromatic carbocycles. The van der Waals surface area contributed by atoms with Gasteiger partial charge in [0.15, 0.2) is 0 Å². The van der Waals surface area contributed by atoms with Gasteiger partial charge in [0.05, 0.1) is 0 Å². The van der Waals surface area contributed by atoms with Gasteiger partial charge in [-0.2, -0.15) is 0 Å². The first-order valence-corrected chi connectivity index (χ1v) is 10.7. The highest BCUT2D eigenvalue weighted by molar-refractivity contribution is 5.69. The normalized spacial score (nSPS) is 19.4. The summed E-state index contributed by atoms with van der Waals surface area (Å²) in [7, 11) is 0. The lowest BCUT2D eigenvalue weighted by Gasteiger charge is -2.18. The van der Waals surface area contributed by atoms with Gasteiger partial charge < -0.3 is 4.74 Å². The molecule has 1 fully saturated rings. The van der Waals surface area contributed by atoms with Crippen molar-refractivity contribution in [2.45, 2.75) is 46.0 Å². The van der Waals surface area contributed by atoms with Crippen molar-refractivity contribution in [1.82, 2.24) is 0 Å². The van der Waals surface area contributed by atoms with Gasteiger partial charge >= 0.3 is 0 Å². The Morgan fingerprint density at radius 2 is 1.62 bits per heavy atom. The average Bonchev–Trinajstić information content (AvgIpc) is 3.39. The van der Waals surface area contributed by atoms with Crippen LogP contribution in [0.3, 0.4) is 0 Å². The summed E-state index contributed by atoms with van der Waals surface area (Å²) in [5.41, 5.74) is 8.10. The second-order valence-electron chi connectivity index (χ2n) is 8.25. The van der Waals surface area contributed by atoms with Crippen molar-refractivity contribution in [3.05, 3.63) is 101 Å². The van der Waals surface area contributed by atoms with Crippen LogP contribution in [0.2, 0.25) is 0 Å². The number of allylic oxidation sites excluding steroid dienone is 7. The summed E-state index contributed by atoms with van der Waals surface area (Å²) in [6.07, 6.45) is 11.1. The van der Waals surface area contributed by atoms with Crippen LogP contribution >= 0.6 is 0 Å². The Morgan fingerprint density at radius 3 is 2.24 bits per heavy atom. The molecule has 1 heteroatoms. The minimum absolute atomic E-state index is 0.677. The van der Waals surface area contributed by atoms with Gasteiger partial charge in [0.1, 0.15) is 11.5 Å². The zero-order chi connectivity index (χ0) is 20.2. The maximum Gasteiger partial charge on any atom is 0.127 e. The van der Waals surface area contributed by atoms with Gasteiger partial charge in [-0.05, 0) is 96.7 Å². The molecule has 0 bridgehead atoms. The van der Waals surface area contributed by atoms with Crippen LogP contribution < -0.4 is 4.74 Å². The average molecular weight is 383 g/mol. The molecule has 0 atom stereocenters. The summed E-state index contributed by atoms with van der Waals surface area (Å²) in [5.74, 6) is 2.41. The molecule has 0 unspecified atom stereocenters. The van der Waals surface area contributed by atoms with Crippen molar-refractivity contribution in [3.8, 4) is 11.5 Å². The Bertz CT molecular complexity index is 965. The molecule has 0 amide bonds. The summed E-state index contributed by atoms with van der Waals surface area (Å²) >= 11 is 0. The molecule has 0 aliphatic heterocycles. The van der Waals surface area contributed by atoms with Gasteiger partial charge in [0.2, 0.25) is 0 Å². The Hall–Kier alpha value is -2.80. The van der Waals surface area contributed by atoms with Crippen molar-refractivity contribution in [2.75, 3.05) is 0 Å². The maximum atomic E-state index is 5.94. The Morgan fingerprint density at radius 1 is 0.966 bits per heavy atom. The fourth-order valence-corrected chi connectivity index (χ4v) is 4.45. The second-order valence-corrected chi connectivity index (χ2v) is 8.25. The third-order valence-corrected chi connectivity index (χ3v) is 6.26. The third kappa shape index (κ3) is 4.45. The topological polar surface area (TPSA) is 9.23 Å². The van der Waals surface area contributed by atoms with Gasteiger partial charge in [-0.3, -0.25) is 0 Å². The lowest BCUT2D eigenvalue weighted by molar-refractivity contribution is 0.482. The molecule has 0 aromatic heterocycles. The van der Waals surface area contributed by atoms with Gasteiger partial charge in [0, 0.05) is 0 Å². The van der Waals surface area contributed by atoms with E-state index in [2.05, 4.69) is 56.8 Å². The minimum atomic E-state index is 0.677. The monoisotopic (exact) mass is 382 g/mol. The van der Waals surface area contributed by atoms with Gasteiger partial charge in [-0.15, -0.1) is 0 Å². The van der Waals surface area contributed by atoms with E-state index in [0.717, 1.165) is 17.9 Å². The van der Waals surface area contributed by atoms with E-state index in [1.807, 2.05) is 30.3 Å². The highest BCUT2D eigenvalue weighted by atomic mass is 16.5. The standard InChI is InChI=1S/C28H30O/c1-20-13-18-27(22(20)3)28(24-9-7-8-10-24)19-21(2)23-14-16-26(17-15-23)29-25-11-5-4-6-12-25/h4-6,11-17,19,24H,3,7-10,18H2,1-2H3/b21-19+,28-27+. The fraction of sp³-hybridized carbons (Fsp3) is 0.286. The Balaban J connectivity index is 1.58. The van der Waals surface area contributed by atoms with Crippen molar-refractivity contribution in [1.29, 1.82) is 0 Å². The van der Waals surface area contributed by atoms with Gasteiger partial charge in [-0.1, -0.05) is 61.9 Å². The fourth-order valence-electron chi connectivity index (χ4n) is 4.45. The molecule has 0 radical (unpaired) electrons. The number of hydrogen-bond acceptors (Lipinski definition) is 1. The van der Waals surface area contributed by atoms with E-state index < -0.39 is 0 Å². The molecular weight excluding hydrogens is 352 g/mol. The molecule has 2 aliphatic rings. The number of para-hydroxylation sites is 1. The Labute approximate surface area is 175 Å². The molecule has 148 valence electrons. The van der Waals surface area contributed by atoms with Gasteiger partial charge in [0.25, 0.3) is 0 Å². The summed E-state index contributed by atoms with van der Waals surface area (Å²) in [4.78, 5) is 0. The lowest BCUT2D eigenvalue weighted by atomic mass is 9.87. The molecule has 1 nitrogen and oxygen atoms in total. The molecule has 4 rings (SSSR count). The number of benzene rings is 2. The molecule has 2 aromatic rings. The van der Waals surface area contributed by atoms with E-state index >= 15 is 0 Å². The van der Waals surface area contributed by atoms with Crippen LogP contribution in [-0.2, 0) is 0 Å². The molecular formula is C28H30O. The van der Waals surface area contributed by atoms with Crippen LogP contribution in [0.1, 0.15) is 51.5 Å². The second kappa shape index (κ2) is 8.69. The van der Waals surface area contributed by atoms with Crippen molar-refractivity contribution in [3.63, 3.8) is 0 Å². The first-order chi connectivity index (χ1) is 14.1. The SMILES string of the molecule is C=C1C(C)=CC/C1=C(/C=C(\C)c1ccc(Oc2ccccc2)cc1)C1CCCC1. The minimum Gasteiger partial charge on any atom is -0.457 e. The zero-order valence-corrected chi connectivity index (χ0v) is 17.6. The van der Waals surface area contributed by atoms with E-state index in [4.69, 9.17) is 4.74 Å². The molecule has 0 heterocycles. The van der Waals surface area contributed by atoms with E-state index in [1.165, 1.54) is 59.1 Å². The predicted octanol–water partition coefficient (Wildman–Crippen LogP) is 8.28. The lowest BCUT2D eigenvalue weighted by Crippen LogP contribution is -2.02. The van der Waals surface area contributed by atoms with E-state index in [1.54, 1.807) is 0 Å².